The summed E-state index contributed by atoms with van der Waals surface area (Å²) in [5.74, 6) is 0.0273. The highest BCUT2D eigenvalue weighted by Gasteiger charge is 2.17. The molecule has 1 fully saturated rings. The van der Waals surface area contributed by atoms with Crippen molar-refractivity contribution in [1.82, 2.24) is 10.2 Å². The van der Waals surface area contributed by atoms with Gasteiger partial charge in [-0.2, -0.15) is 0 Å². The number of amides is 2. The summed E-state index contributed by atoms with van der Waals surface area (Å²) in [6.07, 6.45) is 2.28. The number of hydrogen-bond donors (Lipinski definition) is 2. The number of nitrogens with one attached hydrogen (secondary N) is 2. The Kier molecular flexibility index (Phi) is 8.69. The van der Waals surface area contributed by atoms with E-state index in [0.29, 0.717) is 25.1 Å². The second kappa shape index (κ2) is 12.3. The van der Waals surface area contributed by atoms with Gasteiger partial charge in [-0.1, -0.05) is 60.2 Å². The van der Waals surface area contributed by atoms with Crippen LogP contribution in [0.3, 0.4) is 0 Å². The van der Waals surface area contributed by atoms with E-state index >= 15 is 0 Å². The molecule has 0 unspecified atom stereocenters. The van der Waals surface area contributed by atoms with Crippen molar-refractivity contribution in [3.05, 3.63) is 107 Å². The van der Waals surface area contributed by atoms with Crippen LogP contribution in [0.5, 0.6) is 0 Å². The molecule has 0 aliphatic carbocycles. The minimum atomic E-state index is -0.0336. The Hall–Kier alpha value is -3.70. The lowest BCUT2D eigenvalue weighted by Crippen LogP contribution is -2.30. The van der Waals surface area contributed by atoms with Crippen LogP contribution < -0.4 is 10.6 Å². The van der Waals surface area contributed by atoms with Crippen molar-refractivity contribution in [2.75, 3.05) is 31.5 Å². The van der Waals surface area contributed by atoms with E-state index < -0.39 is 0 Å². The standard InChI is InChI=1S/C31H35N3O2/c1-3-34(4-2)31(36)26-15-13-24(14-16-26)30(25-17-19-32-20-18-25)27-11-8-12-28(22-27)33-29(35)21-23-9-6-5-7-10-23/h5-16,22,32H,3-4,17-21H2,1-2H3,(H,33,35). The van der Waals surface area contributed by atoms with E-state index in [1.807, 2.05) is 73.3 Å². The minimum Gasteiger partial charge on any atom is -0.339 e. The third-order valence-electron chi connectivity index (χ3n) is 6.67. The van der Waals surface area contributed by atoms with Gasteiger partial charge in [0.2, 0.25) is 5.91 Å². The number of nitrogens with zero attached hydrogens (tertiary/aromatic N) is 1. The third-order valence-corrected chi connectivity index (χ3v) is 6.67. The first-order valence-electron chi connectivity index (χ1n) is 12.9. The van der Waals surface area contributed by atoms with Crippen LogP contribution in [0.4, 0.5) is 5.69 Å². The van der Waals surface area contributed by atoms with Crippen LogP contribution in [0.15, 0.2) is 84.4 Å². The smallest absolute Gasteiger partial charge is 0.253 e. The van der Waals surface area contributed by atoms with Crippen molar-refractivity contribution in [1.29, 1.82) is 0 Å². The fraction of sp³-hybridized carbons (Fsp3) is 0.290. The van der Waals surface area contributed by atoms with Gasteiger partial charge in [0.25, 0.3) is 5.91 Å². The summed E-state index contributed by atoms with van der Waals surface area (Å²) in [5, 5.41) is 6.51. The Morgan fingerprint density at radius 1 is 0.806 bits per heavy atom. The molecule has 5 heteroatoms. The maximum atomic E-state index is 12.8. The second-order valence-electron chi connectivity index (χ2n) is 9.07. The summed E-state index contributed by atoms with van der Waals surface area (Å²) in [6, 6.07) is 25.8. The van der Waals surface area contributed by atoms with E-state index in [0.717, 1.165) is 48.3 Å². The summed E-state index contributed by atoms with van der Waals surface area (Å²) in [5.41, 5.74) is 7.24. The Morgan fingerprint density at radius 2 is 1.47 bits per heavy atom. The van der Waals surface area contributed by atoms with Gasteiger partial charge in [0.1, 0.15) is 0 Å². The molecule has 3 aromatic carbocycles. The van der Waals surface area contributed by atoms with Crippen molar-refractivity contribution in [2.45, 2.75) is 33.1 Å². The molecule has 36 heavy (non-hydrogen) atoms. The molecule has 0 radical (unpaired) electrons. The SMILES string of the molecule is CCN(CC)C(=O)c1ccc(C(=C2CCNCC2)c2cccc(NC(=O)Cc3ccccc3)c2)cc1. The summed E-state index contributed by atoms with van der Waals surface area (Å²) in [7, 11) is 0. The lowest BCUT2D eigenvalue weighted by Gasteiger charge is -2.22. The van der Waals surface area contributed by atoms with Crippen molar-refractivity contribution < 1.29 is 9.59 Å². The molecule has 2 amide bonds. The Balaban J connectivity index is 1.61. The predicted octanol–water partition coefficient (Wildman–Crippen LogP) is 5.54. The van der Waals surface area contributed by atoms with Crippen LogP contribution in [-0.4, -0.2) is 42.9 Å². The van der Waals surface area contributed by atoms with Gasteiger partial charge in [-0.25, -0.2) is 0 Å². The predicted molar refractivity (Wildman–Crippen MR) is 147 cm³/mol. The molecule has 1 heterocycles. The quantitative estimate of drug-likeness (QED) is 0.444. The molecule has 0 aromatic heterocycles. The number of carbonyl (C=O) groups excluding carboxylic acids is 2. The van der Waals surface area contributed by atoms with E-state index in [4.69, 9.17) is 0 Å². The van der Waals surface area contributed by atoms with Gasteiger partial charge >= 0.3 is 0 Å². The van der Waals surface area contributed by atoms with Crippen molar-refractivity contribution in [2.24, 2.45) is 0 Å². The van der Waals surface area contributed by atoms with Gasteiger partial charge in [-0.05, 0) is 86.3 Å². The molecule has 0 spiro atoms. The molecular weight excluding hydrogens is 446 g/mol. The van der Waals surface area contributed by atoms with E-state index in [1.54, 1.807) is 0 Å². The van der Waals surface area contributed by atoms with Crippen molar-refractivity contribution in [3.8, 4) is 0 Å². The maximum absolute atomic E-state index is 12.8. The first kappa shape index (κ1) is 25.4. The van der Waals surface area contributed by atoms with Gasteiger partial charge in [0, 0.05) is 24.3 Å². The lowest BCUT2D eigenvalue weighted by molar-refractivity contribution is -0.115. The highest BCUT2D eigenvalue weighted by atomic mass is 16.2. The normalized spacial score (nSPS) is 13.2. The second-order valence-corrected chi connectivity index (χ2v) is 9.07. The average Bonchev–Trinajstić information content (AvgIpc) is 2.91. The molecule has 1 aliphatic heterocycles. The maximum Gasteiger partial charge on any atom is 0.253 e. The topological polar surface area (TPSA) is 61.4 Å². The molecule has 3 aromatic rings. The third kappa shape index (κ3) is 6.29. The van der Waals surface area contributed by atoms with Crippen LogP contribution in [-0.2, 0) is 11.2 Å². The van der Waals surface area contributed by atoms with Crippen LogP contribution >= 0.6 is 0 Å². The van der Waals surface area contributed by atoms with Gasteiger partial charge in [-0.15, -0.1) is 0 Å². The number of hydrogen-bond acceptors (Lipinski definition) is 3. The fourth-order valence-electron chi connectivity index (χ4n) is 4.77. The minimum absolute atomic E-state index is 0.0336. The summed E-state index contributed by atoms with van der Waals surface area (Å²) < 4.78 is 0. The Morgan fingerprint density at radius 3 is 2.14 bits per heavy atom. The highest BCUT2D eigenvalue weighted by Crippen LogP contribution is 2.32. The monoisotopic (exact) mass is 481 g/mol. The molecule has 186 valence electrons. The van der Waals surface area contributed by atoms with Gasteiger partial charge in [0.05, 0.1) is 6.42 Å². The average molecular weight is 482 g/mol. The molecule has 2 N–H and O–H groups in total. The summed E-state index contributed by atoms with van der Waals surface area (Å²) in [4.78, 5) is 27.3. The zero-order chi connectivity index (χ0) is 25.3. The highest BCUT2D eigenvalue weighted by molar-refractivity contribution is 5.95. The van der Waals surface area contributed by atoms with Crippen molar-refractivity contribution >= 4 is 23.1 Å². The fourth-order valence-corrected chi connectivity index (χ4v) is 4.77. The van der Waals surface area contributed by atoms with Crippen LogP contribution in [0.25, 0.3) is 5.57 Å². The first-order chi connectivity index (χ1) is 17.6. The van der Waals surface area contributed by atoms with Crippen LogP contribution in [0.1, 0.15) is 53.7 Å². The molecule has 5 nitrogen and oxygen atoms in total. The van der Waals surface area contributed by atoms with Gasteiger partial charge in [0.15, 0.2) is 0 Å². The van der Waals surface area contributed by atoms with E-state index in [2.05, 4.69) is 34.9 Å². The number of rotatable bonds is 8. The number of benzene rings is 3. The van der Waals surface area contributed by atoms with E-state index in [-0.39, 0.29) is 11.8 Å². The zero-order valence-electron chi connectivity index (χ0n) is 21.2. The number of piperidine rings is 1. The molecule has 0 atom stereocenters. The summed E-state index contributed by atoms with van der Waals surface area (Å²) >= 11 is 0. The molecule has 0 bridgehead atoms. The lowest BCUT2D eigenvalue weighted by atomic mass is 9.88. The van der Waals surface area contributed by atoms with Crippen LogP contribution in [0, 0.1) is 0 Å². The molecular formula is C31H35N3O2. The molecule has 1 aliphatic rings. The van der Waals surface area contributed by atoms with E-state index in [1.165, 1.54) is 11.1 Å². The van der Waals surface area contributed by atoms with E-state index in [9.17, 15) is 9.59 Å². The zero-order valence-corrected chi connectivity index (χ0v) is 21.2. The Labute approximate surface area is 214 Å². The number of anilines is 1. The summed E-state index contributed by atoms with van der Waals surface area (Å²) in [6.45, 7) is 7.29. The molecule has 1 saturated heterocycles. The molecule has 0 saturated carbocycles. The Bertz CT molecular complexity index is 1200. The van der Waals surface area contributed by atoms with Crippen LogP contribution in [0.2, 0.25) is 0 Å². The molecule has 4 rings (SSSR count). The van der Waals surface area contributed by atoms with Gasteiger partial charge < -0.3 is 15.5 Å². The van der Waals surface area contributed by atoms with Crippen molar-refractivity contribution in [3.63, 3.8) is 0 Å². The largest absolute Gasteiger partial charge is 0.339 e. The number of carbonyl (C=O) groups is 2. The van der Waals surface area contributed by atoms with Gasteiger partial charge in [-0.3, -0.25) is 9.59 Å². The first-order valence-corrected chi connectivity index (χ1v) is 12.9.